The normalized spacial score (nSPS) is 19.0. The zero-order valence-electron chi connectivity index (χ0n) is 18.2. The topological polar surface area (TPSA) is 123 Å². The van der Waals surface area contributed by atoms with E-state index in [-0.39, 0.29) is 23.5 Å². The molecule has 3 N–H and O–H groups in total. The summed E-state index contributed by atoms with van der Waals surface area (Å²) in [6.45, 7) is 5.18. The van der Waals surface area contributed by atoms with Gasteiger partial charge in [-0.05, 0) is 30.9 Å². The Hall–Kier alpha value is -2.30. The molecule has 1 fully saturated rings. The van der Waals surface area contributed by atoms with Gasteiger partial charge >= 0.3 is 0 Å². The fourth-order valence-electron chi connectivity index (χ4n) is 3.49. The van der Waals surface area contributed by atoms with E-state index < -0.39 is 17.3 Å². The Labute approximate surface area is 193 Å². The van der Waals surface area contributed by atoms with Crippen LogP contribution in [-0.2, 0) is 16.1 Å². The van der Waals surface area contributed by atoms with Crippen LogP contribution in [-0.4, -0.2) is 65.6 Å². The number of aliphatic hydroxyl groups excluding tert-OH is 1. The molecule has 0 saturated heterocycles. The molecule has 0 bridgehead atoms. The van der Waals surface area contributed by atoms with Crippen LogP contribution in [0, 0.1) is 10.1 Å². The number of para-hydroxylation sites is 1. The number of ether oxygens (including phenoxy) is 1. The Morgan fingerprint density at radius 2 is 2.12 bits per heavy atom. The van der Waals surface area contributed by atoms with Crippen LogP contribution in [0.1, 0.15) is 31.2 Å². The third-order valence-electron chi connectivity index (χ3n) is 5.06. The highest BCUT2D eigenvalue weighted by Gasteiger charge is 2.29. The molecule has 1 aliphatic carbocycles. The van der Waals surface area contributed by atoms with E-state index in [0.29, 0.717) is 32.5 Å². The van der Waals surface area contributed by atoms with Crippen molar-refractivity contribution < 1.29 is 24.6 Å². The fraction of sp³-hybridized carbons (Fsp3) is 0.591. The number of rotatable bonds is 15. The van der Waals surface area contributed by atoms with Crippen LogP contribution in [0.25, 0.3) is 0 Å². The molecule has 0 aromatic heterocycles. The van der Waals surface area contributed by atoms with Gasteiger partial charge in [0.1, 0.15) is 24.6 Å². The van der Waals surface area contributed by atoms with Crippen molar-refractivity contribution in [3.05, 3.63) is 52.6 Å². The summed E-state index contributed by atoms with van der Waals surface area (Å²) in [7, 11) is 0. The summed E-state index contributed by atoms with van der Waals surface area (Å²) < 4.78 is 5.71. The molecule has 0 aliphatic heterocycles. The van der Waals surface area contributed by atoms with Crippen LogP contribution in [0.5, 0.6) is 5.75 Å². The SMILES string of the molecule is C=CCc1ccccc1OCC(O)CNCCNC(=O)CS[C@@H]1CCCC[C@H]1O[N+](=O)[O-]. The van der Waals surface area contributed by atoms with Crippen molar-refractivity contribution in [3.63, 3.8) is 0 Å². The van der Waals surface area contributed by atoms with E-state index in [1.807, 2.05) is 24.3 Å². The van der Waals surface area contributed by atoms with E-state index in [4.69, 9.17) is 9.57 Å². The first-order valence-electron chi connectivity index (χ1n) is 10.9. The molecule has 9 nitrogen and oxygen atoms in total. The Morgan fingerprint density at radius 3 is 2.91 bits per heavy atom. The van der Waals surface area contributed by atoms with Gasteiger partial charge in [0.25, 0.3) is 5.09 Å². The minimum absolute atomic E-state index is 0.0372. The predicted octanol–water partition coefficient (Wildman–Crippen LogP) is 2.11. The second-order valence-corrected chi connectivity index (χ2v) is 8.85. The number of nitrogens with one attached hydrogen (secondary N) is 2. The molecule has 1 saturated carbocycles. The number of hydrogen-bond donors (Lipinski definition) is 3. The van der Waals surface area contributed by atoms with E-state index in [1.165, 1.54) is 11.8 Å². The molecule has 10 heteroatoms. The van der Waals surface area contributed by atoms with Crippen molar-refractivity contribution >= 4 is 17.7 Å². The number of aliphatic hydroxyl groups is 1. The number of amides is 1. The Morgan fingerprint density at radius 1 is 1.34 bits per heavy atom. The number of benzene rings is 1. The van der Waals surface area contributed by atoms with Gasteiger partial charge in [0.05, 0.1) is 5.75 Å². The van der Waals surface area contributed by atoms with E-state index >= 15 is 0 Å². The molecule has 1 aliphatic rings. The van der Waals surface area contributed by atoms with Crippen LogP contribution < -0.4 is 15.4 Å². The van der Waals surface area contributed by atoms with Crippen molar-refractivity contribution in [2.75, 3.05) is 32.0 Å². The van der Waals surface area contributed by atoms with Crippen LogP contribution in [0.2, 0.25) is 0 Å². The molecular weight excluding hydrogens is 434 g/mol. The number of nitrogens with zero attached hydrogens (tertiary/aromatic N) is 1. The summed E-state index contributed by atoms with van der Waals surface area (Å²) in [4.78, 5) is 27.4. The van der Waals surface area contributed by atoms with Gasteiger partial charge in [0.2, 0.25) is 5.91 Å². The summed E-state index contributed by atoms with van der Waals surface area (Å²) in [5.41, 5.74) is 1.02. The van der Waals surface area contributed by atoms with Gasteiger partial charge in [-0.1, -0.05) is 37.1 Å². The summed E-state index contributed by atoms with van der Waals surface area (Å²) >= 11 is 1.41. The number of hydrogen-bond acceptors (Lipinski definition) is 8. The smallest absolute Gasteiger partial charge is 0.294 e. The highest BCUT2D eigenvalue weighted by Crippen LogP contribution is 2.30. The van der Waals surface area contributed by atoms with Gasteiger partial charge < -0.3 is 25.3 Å². The highest BCUT2D eigenvalue weighted by atomic mass is 32.2. The first kappa shape index (κ1) is 26.0. The minimum Gasteiger partial charge on any atom is -0.491 e. The maximum atomic E-state index is 12.0. The lowest BCUT2D eigenvalue weighted by Gasteiger charge is -2.28. The molecule has 1 aromatic rings. The van der Waals surface area contributed by atoms with Gasteiger partial charge in [0, 0.05) is 24.9 Å². The molecule has 178 valence electrons. The van der Waals surface area contributed by atoms with Crippen molar-refractivity contribution in [2.24, 2.45) is 0 Å². The second kappa shape index (κ2) is 14.7. The lowest BCUT2D eigenvalue weighted by atomic mass is 9.97. The Balaban J connectivity index is 1.56. The highest BCUT2D eigenvalue weighted by molar-refractivity contribution is 8.00. The predicted molar refractivity (Wildman–Crippen MR) is 124 cm³/mol. The van der Waals surface area contributed by atoms with Crippen LogP contribution in [0.15, 0.2) is 36.9 Å². The number of carbonyl (C=O) groups is 1. The zero-order valence-corrected chi connectivity index (χ0v) is 19.1. The summed E-state index contributed by atoms with van der Waals surface area (Å²) in [6.07, 6.45) is 4.76. The van der Waals surface area contributed by atoms with E-state index in [1.54, 1.807) is 6.08 Å². The lowest BCUT2D eigenvalue weighted by molar-refractivity contribution is -0.768. The minimum atomic E-state index is -0.741. The second-order valence-electron chi connectivity index (χ2n) is 7.62. The monoisotopic (exact) mass is 467 g/mol. The van der Waals surface area contributed by atoms with E-state index in [9.17, 15) is 20.0 Å². The van der Waals surface area contributed by atoms with Gasteiger partial charge in [0.15, 0.2) is 0 Å². The van der Waals surface area contributed by atoms with Gasteiger partial charge in [-0.3, -0.25) is 4.79 Å². The van der Waals surface area contributed by atoms with Crippen LogP contribution in [0.4, 0.5) is 0 Å². The standard InChI is InChI=1S/C22H33N3O6S/c1-2-7-17-8-3-4-9-19(17)30-15-18(26)14-23-12-13-24-22(27)16-32-21-11-6-5-10-20(21)31-25(28)29/h2-4,8-9,18,20-21,23,26H,1,5-7,10-16H2,(H,24,27)/t18?,20-,21-/m1/s1. The maximum Gasteiger partial charge on any atom is 0.294 e. The molecule has 32 heavy (non-hydrogen) atoms. The van der Waals surface area contributed by atoms with E-state index in [2.05, 4.69) is 17.2 Å². The third kappa shape index (κ3) is 9.88. The molecule has 0 radical (unpaired) electrons. The molecule has 1 aromatic carbocycles. The lowest BCUT2D eigenvalue weighted by Crippen LogP contribution is -2.38. The van der Waals surface area contributed by atoms with Gasteiger partial charge in [-0.25, -0.2) is 0 Å². The van der Waals surface area contributed by atoms with Gasteiger partial charge in [-0.15, -0.1) is 28.5 Å². The molecule has 2 rings (SSSR count). The van der Waals surface area contributed by atoms with Crippen LogP contribution in [0.3, 0.4) is 0 Å². The first-order valence-corrected chi connectivity index (χ1v) is 11.9. The van der Waals surface area contributed by atoms with Crippen LogP contribution >= 0.6 is 11.8 Å². The number of carbonyl (C=O) groups excluding carboxylic acids is 1. The average Bonchev–Trinajstić information content (AvgIpc) is 2.77. The quantitative estimate of drug-likeness (QED) is 0.155. The maximum absolute atomic E-state index is 12.0. The number of allylic oxidation sites excluding steroid dienone is 1. The van der Waals surface area contributed by atoms with Gasteiger partial charge in [-0.2, -0.15) is 0 Å². The molecule has 1 amide bonds. The van der Waals surface area contributed by atoms with Crippen molar-refractivity contribution in [1.29, 1.82) is 0 Å². The number of thioether (sulfide) groups is 1. The summed E-state index contributed by atoms with van der Waals surface area (Å²) in [5, 5.41) is 25.8. The first-order chi connectivity index (χ1) is 15.5. The zero-order chi connectivity index (χ0) is 23.2. The average molecular weight is 468 g/mol. The Bertz CT molecular complexity index is 735. The molecule has 3 atom stereocenters. The summed E-state index contributed by atoms with van der Waals surface area (Å²) in [5.74, 6) is 0.855. The molecular formula is C22H33N3O6S. The third-order valence-corrected chi connectivity index (χ3v) is 6.46. The summed E-state index contributed by atoms with van der Waals surface area (Å²) in [6, 6.07) is 7.65. The molecule has 1 unspecified atom stereocenters. The molecule has 0 heterocycles. The van der Waals surface area contributed by atoms with Crippen molar-refractivity contribution in [2.45, 2.75) is 49.6 Å². The largest absolute Gasteiger partial charge is 0.491 e. The fourth-order valence-corrected chi connectivity index (χ4v) is 4.69. The van der Waals surface area contributed by atoms with E-state index in [0.717, 1.165) is 30.6 Å². The van der Waals surface area contributed by atoms with Crippen molar-refractivity contribution in [1.82, 2.24) is 10.6 Å². The molecule has 0 spiro atoms. The Kier molecular flexibility index (Phi) is 11.9. The van der Waals surface area contributed by atoms with Crippen molar-refractivity contribution in [3.8, 4) is 5.75 Å².